The molecule has 2 aromatic heterocycles. The first-order valence-electron chi connectivity index (χ1n) is 22.0. The molecule has 2 aliphatic rings. The van der Waals surface area contributed by atoms with Gasteiger partial charge in [-0.25, -0.2) is 35.3 Å². The van der Waals surface area contributed by atoms with Gasteiger partial charge in [0.15, 0.2) is 54.3 Å². The number of halogens is 2. The van der Waals surface area contributed by atoms with Crippen molar-refractivity contribution in [1.29, 1.82) is 0 Å². The topological polar surface area (TPSA) is 194 Å². The zero-order valence-corrected chi connectivity index (χ0v) is 40.4. The van der Waals surface area contributed by atoms with E-state index in [1.807, 2.05) is 0 Å². The summed E-state index contributed by atoms with van der Waals surface area (Å²) in [6.07, 6.45) is 2.64. The van der Waals surface area contributed by atoms with Gasteiger partial charge in [0, 0.05) is 13.2 Å². The number of benzene rings is 4. The van der Waals surface area contributed by atoms with E-state index in [4.69, 9.17) is 41.6 Å². The van der Waals surface area contributed by atoms with E-state index in [0.29, 0.717) is 70.4 Å². The van der Waals surface area contributed by atoms with Crippen LogP contribution in [0.1, 0.15) is 72.3 Å². The number of nitrogens with zero attached hydrogens (tertiary/aromatic N) is 8. The Morgan fingerprint density at radius 2 is 0.971 bits per heavy atom. The van der Waals surface area contributed by atoms with Crippen LogP contribution in [0, 0.1) is 24.8 Å². The molecule has 2 aliphatic heterocycles. The third-order valence-corrected chi connectivity index (χ3v) is 14.6. The molecular formula is C48H50F2N8O10S2. The summed E-state index contributed by atoms with van der Waals surface area (Å²) < 4.78 is 117. The molecule has 8 rings (SSSR count). The van der Waals surface area contributed by atoms with Crippen LogP contribution >= 0.6 is 0 Å². The minimum atomic E-state index is -3.69. The second kappa shape index (κ2) is 22.6. The average Bonchev–Trinajstić information content (AvgIpc) is 4.22. The lowest BCUT2D eigenvalue weighted by Crippen LogP contribution is -2.17. The Hall–Kier alpha value is -6.98. The zero-order chi connectivity index (χ0) is 50.0. The number of hydrogen-bond acceptors (Lipinski definition) is 14. The number of rotatable bonds is 18. The summed E-state index contributed by atoms with van der Waals surface area (Å²) in [5.41, 5.74) is 2.13. The van der Waals surface area contributed by atoms with Gasteiger partial charge in [0.2, 0.25) is 0 Å². The van der Waals surface area contributed by atoms with Gasteiger partial charge in [-0.15, -0.1) is 20.4 Å². The SMILES string of the molecule is [C-]#[N+]c1cc(F)ccc1CCS(=O)(=O)Cc1nnc([C@@H]2CCCO2)n1-c1c(OC)cccc1OC.[C-]#[N+]c1cc(F)ccc1CCS(=O)(=O)Cc1nnc([C@H]2CCCO2)n1-c1c(OC)cccc1OC. The third-order valence-electron chi connectivity index (χ3n) is 11.6. The first kappa shape index (κ1) is 50.9. The standard InChI is InChI=1S/2C24H25FN4O5S/c2*1-26-18-14-17(25)10-9-16(18)11-13-35(30,31)15-22-27-28-24(21-8-5-12-34-21)29(22)23-19(32-2)6-4-7-20(23)33-3/h2*4,6-7,9-10,14,21H,5,8,11-13,15H2,2-3H3/t2*21-/m10/s1. The normalized spacial score (nSPS) is 15.7. The highest BCUT2D eigenvalue weighted by atomic mass is 32.2. The summed E-state index contributed by atoms with van der Waals surface area (Å²) in [4.78, 5) is 6.60. The Kier molecular flexibility index (Phi) is 16.4. The molecule has 22 heteroatoms. The van der Waals surface area contributed by atoms with E-state index in [0.717, 1.165) is 37.8 Å². The fourth-order valence-corrected chi connectivity index (χ4v) is 10.7. The number of methoxy groups -OCH3 is 4. The Morgan fingerprint density at radius 1 is 0.600 bits per heavy atom. The summed E-state index contributed by atoms with van der Waals surface area (Å²) >= 11 is 0. The van der Waals surface area contributed by atoms with Gasteiger partial charge in [-0.3, -0.25) is 9.13 Å². The molecule has 0 aliphatic carbocycles. The molecule has 0 bridgehead atoms. The predicted molar refractivity (Wildman–Crippen MR) is 252 cm³/mol. The van der Waals surface area contributed by atoms with Crippen molar-refractivity contribution in [2.45, 2.75) is 62.2 Å². The second-order valence-electron chi connectivity index (χ2n) is 16.1. The van der Waals surface area contributed by atoms with Gasteiger partial charge in [-0.2, -0.15) is 0 Å². The monoisotopic (exact) mass is 1000 g/mol. The van der Waals surface area contributed by atoms with E-state index in [9.17, 15) is 25.6 Å². The van der Waals surface area contributed by atoms with E-state index >= 15 is 0 Å². The smallest absolute Gasteiger partial charge is 0.193 e. The van der Waals surface area contributed by atoms with E-state index in [1.54, 1.807) is 45.5 Å². The number of aryl methyl sites for hydroxylation is 2. The van der Waals surface area contributed by atoms with Crippen LogP contribution in [0.3, 0.4) is 0 Å². The fourth-order valence-electron chi connectivity index (χ4n) is 8.19. The molecule has 0 saturated carbocycles. The highest BCUT2D eigenvalue weighted by molar-refractivity contribution is 7.90. The van der Waals surface area contributed by atoms with Crippen molar-refractivity contribution in [3.05, 3.63) is 142 Å². The molecule has 18 nitrogen and oxygen atoms in total. The molecule has 368 valence electrons. The lowest BCUT2D eigenvalue weighted by Gasteiger charge is -2.19. The molecule has 0 radical (unpaired) electrons. The molecule has 4 aromatic carbocycles. The van der Waals surface area contributed by atoms with Crippen LogP contribution in [-0.4, -0.2) is 99.5 Å². The first-order valence-corrected chi connectivity index (χ1v) is 25.6. The molecule has 6 aromatic rings. The molecular weight excluding hydrogens is 951 g/mol. The van der Waals surface area contributed by atoms with Gasteiger partial charge in [0.1, 0.15) is 69.7 Å². The van der Waals surface area contributed by atoms with E-state index < -0.39 is 42.8 Å². The molecule has 0 amide bonds. The Labute approximate surface area is 404 Å². The maximum absolute atomic E-state index is 13.4. The van der Waals surface area contributed by atoms with Crippen LogP contribution in [-0.2, 0) is 53.5 Å². The van der Waals surface area contributed by atoms with E-state index in [2.05, 4.69) is 30.1 Å². The zero-order valence-electron chi connectivity index (χ0n) is 38.8. The Balaban J connectivity index is 0.000000206. The second-order valence-corrected chi connectivity index (χ2v) is 20.5. The van der Waals surface area contributed by atoms with Crippen molar-refractivity contribution in [3.63, 3.8) is 0 Å². The quantitative estimate of drug-likeness (QED) is 0.0753. The van der Waals surface area contributed by atoms with Gasteiger partial charge in [-0.1, -0.05) is 24.3 Å². The van der Waals surface area contributed by atoms with Crippen molar-refractivity contribution in [2.24, 2.45) is 0 Å². The minimum absolute atomic E-state index is 0.0744. The van der Waals surface area contributed by atoms with Gasteiger partial charge in [-0.05, 0) is 98.2 Å². The molecule has 4 heterocycles. The average molecular weight is 1000 g/mol. The van der Waals surface area contributed by atoms with Crippen molar-refractivity contribution in [2.75, 3.05) is 53.2 Å². The number of hydrogen-bond donors (Lipinski definition) is 0. The maximum Gasteiger partial charge on any atom is 0.193 e. The van der Waals surface area contributed by atoms with Gasteiger partial charge in [0.05, 0.1) is 53.1 Å². The minimum Gasteiger partial charge on any atom is -0.494 e. The van der Waals surface area contributed by atoms with Gasteiger partial charge < -0.3 is 28.4 Å². The van der Waals surface area contributed by atoms with Crippen LogP contribution in [0.2, 0.25) is 0 Å². The molecule has 70 heavy (non-hydrogen) atoms. The summed E-state index contributed by atoms with van der Waals surface area (Å²) in [5.74, 6) is 0.851. The van der Waals surface area contributed by atoms with Crippen molar-refractivity contribution in [1.82, 2.24) is 29.5 Å². The van der Waals surface area contributed by atoms with Crippen LogP contribution < -0.4 is 18.9 Å². The number of sulfone groups is 2. The van der Waals surface area contributed by atoms with Crippen molar-refractivity contribution < 1.29 is 54.0 Å². The van der Waals surface area contributed by atoms with Gasteiger partial charge >= 0.3 is 0 Å². The lowest BCUT2D eigenvalue weighted by atomic mass is 10.1. The highest BCUT2D eigenvalue weighted by Gasteiger charge is 2.33. The summed E-state index contributed by atoms with van der Waals surface area (Å²) in [5, 5.41) is 17.0. The van der Waals surface area contributed by atoms with E-state index in [-0.39, 0.29) is 59.6 Å². The number of para-hydroxylation sites is 2. The van der Waals surface area contributed by atoms with Crippen molar-refractivity contribution >= 4 is 31.0 Å². The largest absolute Gasteiger partial charge is 0.494 e. The highest BCUT2D eigenvalue weighted by Crippen LogP contribution is 2.40. The molecule has 2 fully saturated rings. The van der Waals surface area contributed by atoms with E-state index in [1.165, 1.54) is 52.7 Å². The molecule has 2 saturated heterocycles. The van der Waals surface area contributed by atoms with Crippen LogP contribution in [0.15, 0.2) is 72.8 Å². The summed E-state index contributed by atoms with van der Waals surface area (Å²) in [7, 11) is -1.32. The predicted octanol–water partition coefficient (Wildman–Crippen LogP) is 7.97. The molecule has 0 unspecified atom stereocenters. The first-order chi connectivity index (χ1) is 33.7. The lowest BCUT2D eigenvalue weighted by molar-refractivity contribution is 0.103. The van der Waals surface area contributed by atoms with Crippen LogP contribution in [0.25, 0.3) is 21.1 Å². The van der Waals surface area contributed by atoms with Gasteiger partial charge in [0.25, 0.3) is 0 Å². The molecule has 0 N–H and O–H groups in total. The third kappa shape index (κ3) is 11.7. The molecule has 2 atom stereocenters. The molecule has 0 spiro atoms. The van der Waals surface area contributed by atoms with Crippen LogP contribution in [0.5, 0.6) is 23.0 Å². The Bertz CT molecular complexity index is 2890. The fraction of sp³-hybridized carbons (Fsp3) is 0.375. The van der Waals surface area contributed by atoms with Crippen molar-refractivity contribution in [3.8, 4) is 34.4 Å². The maximum atomic E-state index is 13.4. The van der Waals surface area contributed by atoms with Crippen LogP contribution in [0.4, 0.5) is 20.2 Å². The summed E-state index contributed by atoms with van der Waals surface area (Å²) in [6, 6.07) is 18.0. The Morgan fingerprint density at radius 3 is 1.29 bits per heavy atom. The summed E-state index contributed by atoms with van der Waals surface area (Å²) in [6.45, 7) is 15.6. The number of aromatic nitrogens is 6. The number of ether oxygens (including phenoxy) is 6.